The standard InChI is InChI=1S/C9H13ClN4/c1-6-7(2)13-14-8(11-6)12-9(5-10)3-4-9/h3-5H2,1-2H3,(H,11,12,14). The summed E-state index contributed by atoms with van der Waals surface area (Å²) >= 11 is 5.84. The van der Waals surface area contributed by atoms with Crippen LogP contribution in [0.3, 0.4) is 0 Å². The largest absolute Gasteiger partial charge is 0.346 e. The van der Waals surface area contributed by atoms with Crippen LogP contribution in [0.5, 0.6) is 0 Å². The third-order valence-electron chi connectivity index (χ3n) is 2.58. The number of hydrogen-bond donors (Lipinski definition) is 1. The van der Waals surface area contributed by atoms with E-state index in [0.717, 1.165) is 24.2 Å². The molecule has 1 aliphatic carbocycles. The van der Waals surface area contributed by atoms with Crippen molar-refractivity contribution in [3.05, 3.63) is 11.4 Å². The van der Waals surface area contributed by atoms with Gasteiger partial charge in [-0.05, 0) is 26.7 Å². The first kappa shape index (κ1) is 9.65. The molecule has 1 aromatic heterocycles. The molecule has 0 atom stereocenters. The average molecular weight is 213 g/mol. The molecule has 0 aliphatic heterocycles. The van der Waals surface area contributed by atoms with Crippen LogP contribution in [0.25, 0.3) is 0 Å². The van der Waals surface area contributed by atoms with Crippen LogP contribution in [0.1, 0.15) is 24.2 Å². The zero-order valence-electron chi connectivity index (χ0n) is 8.34. The Morgan fingerprint density at radius 1 is 1.29 bits per heavy atom. The van der Waals surface area contributed by atoms with E-state index in [1.807, 2.05) is 13.8 Å². The molecular formula is C9H13ClN4. The molecule has 0 saturated heterocycles. The lowest BCUT2D eigenvalue weighted by molar-refractivity contribution is 0.791. The summed E-state index contributed by atoms with van der Waals surface area (Å²) in [5.41, 5.74) is 1.81. The van der Waals surface area contributed by atoms with Gasteiger partial charge in [0.2, 0.25) is 5.95 Å². The van der Waals surface area contributed by atoms with E-state index in [4.69, 9.17) is 11.6 Å². The Kier molecular flexibility index (Phi) is 2.31. The van der Waals surface area contributed by atoms with Gasteiger partial charge in [0, 0.05) is 5.88 Å². The van der Waals surface area contributed by atoms with Crippen LogP contribution in [0.2, 0.25) is 0 Å². The molecule has 0 aromatic carbocycles. The minimum Gasteiger partial charge on any atom is -0.346 e. The third-order valence-corrected chi connectivity index (χ3v) is 3.09. The van der Waals surface area contributed by atoms with Crippen LogP contribution in [0.4, 0.5) is 5.95 Å². The zero-order chi connectivity index (χ0) is 10.2. The Bertz CT molecular complexity index is 349. The van der Waals surface area contributed by atoms with Gasteiger partial charge in [0.15, 0.2) is 0 Å². The smallest absolute Gasteiger partial charge is 0.243 e. The molecular weight excluding hydrogens is 200 g/mol. The third kappa shape index (κ3) is 1.80. The van der Waals surface area contributed by atoms with E-state index >= 15 is 0 Å². The second-order valence-electron chi connectivity index (χ2n) is 3.85. The highest BCUT2D eigenvalue weighted by Gasteiger charge is 2.42. The Labute approximate surface area is 88.1 Å². The van der Waals surface area contributed by atoms with E-state index in [-0.39, 0.29) is 5.54 Å². The Morgan fingerprint density at radius 2 is 2.00 bits per heavy atom. The first-order valence-corrected chi connectivity index (χ1v) is 5.21. The molecule has 14 heavy (non-hydrogen) atoms. The van der Waals surface area contributed by atoms with Crippen LogP contribution in [0.15, 0.2) is 0 Å². The van der Waals surface area contributed by atoms with Gasteiger partial charge in [-0.25, -0.2) is 4.98 Å². The number of alkyl halides is 1. The van der Waals surface area contributed by atoms with Crippen LogP contribution >= 0.6 is 11.6 Å². The van der Waals surface area contributed by atoms with Gasteiger partial charge in [0.1, 0.15) is 0 Å². The summed E-state index contributed by atoms with van der Waals surface area (Å²) in [4.78, 5) is 4.30. The molecule has 5 heteroatoms. The number of hydrogen-bond acceptors (Lipinski definition) is 4. The maximum atomic E-state index is 5.84. The highest BCUT2D eigenvalue weighted by molar-refractivity contribution is 6.19. The van der Waals surface area contributed by atoms with E-state index in [1.54, 1.807) is 0 Å². The summed E-state index contributed by atoms with van der Waals surface area (Å²) in [6, 6.07) is 0. The Balaban J connectivity index is 2.14. The summed E-state index contributed by atoms with van der Waals surface area (Å²) in [6.45, 7) is 3.82. The molecule has 1 aromatic rings. The summed E-state index contributed by atoms with van der Waals surface area (Å²) in [6.07, 6.45) is 2.18. The van der Waals surface area contributed by atoms with Gasteiger partial charge in [-0.15, -0.1) is 16.7 Å². The monoisotopic (exact) mass is 212 g/mol. The molecule has 4 nitrogen and oxygen atoms in total. The first-order valence-electron chi connectivity index (χ1n) is 4.67. The minimum atomic E-state index is 0.0327. The number of anilines is 1. The number of aromatic nitrogens is 3. The molecule has 1 heterocycles. The lowest BCUT2D eigenvalue weighted by Crippen LogP contribution is -2.25. The van der Waals surface area contributed by atoms with Gasteiger partial charge >= 0.3 is 0 Å². The van der Waals surface area contributed by atoms with Gasteiger partial charge in [-0.1, -0.05) is 0 Å². The number of rotatable bonds is 3. The predicted molar refractivity (Wildman–Crippen MR) is 55.6 cm³/mol. The molecule has 0 spiro atoms. The predicted octanol–water partition coefficient (Wildman–Crippen LogP) is 1.67. The fraction of sp³-hybridized carbons (Fsp3) is 0.667. The highest BCUT2D eigenvalue weighted by Crippen LogP contribution is 2.38. The molecule has 0 radical (unpaired) electrons. The van der Waals surface area contributed by atoms with Gasteiger partial charge in [-0.3, -0.25) is 0 Å². The molecule has 0 bridgehead atoms. The van der Waals surface area contributed by atoms with Crippen molar-refractivity contribution in [2.45, 2.75) is 32.2 Å². The molecule has 0 unspecified atom stereocenters. The van der Waals surface area contributed by atoms with Crippen molar-refractivity contribution in [1.29, 1.82) is 0 Å². The van der Waals surface area contributed by atoms with E-state index < -0.39 is 0 Å². The molecule has 0 amide bonds. The summed E-state index contributed by atoms with van der Waals surface area (Å²) < 4.78 is 0. The zero-order valence-corrected chi connectivity index (χ0v) is 9.10. The van der Waals surface area contributed by atoms with Crippen molar-refractivity contribution < 1.29 is 0 Å². The van der Waals surface area contributed by atoms with E-state index in [1.165, 1.54) is 0 Å². The fourth-order valence-electron chi connectivity index (χ4n) is 1.19. The van der Waals surface area contributed by atoms with Gasteiger partial charge in [-0.2, -0.15) is 5.10 Å². The SMILES string of the molecule is Cc1nnc(NC2(CCl)CC2)nc1C. The van der Waals surface area contributed by atoms with Crippen LogP contribution < -0.4 is 5.32 Å². The van der Waals surface area contributed by atoms with Crippen molar-refractivity contribution in [1.82, 2.24) is 15.2 Å². The second-order valence-corrected chi connectivity index (χ2v) is 4.11. The first-order chi connectivity index (χ1) is 6.65. The summed E-state index contributed by atoms with van der Waals surface area (Å²) in [5.74, 6) is 1.19. The van der Waals surface area contributed by atoms with E-state index in [9.17, 15) is 0 Å². The van der Waals surface area contributed by atoms with Gasteiger partial charge in [0.25, 0.3) is 0 Å². The van der Waals surface area contributed by atoms with Gasteiger partial charge in [0.05, 0.1) is 16.9 Å². The summed E-state index contributed by atoms with van der Waals surface area (Å²) in [5, 5.41) is 11.2. The van der Waals surface area contributed by atoms with Crippen LogP contribution in [0, 0.1) is 13.8 Å². The number of nitrogens with zero attached hydrogens (tertiary/aromatic N) is 3. The van der Waals surface area contributed by atoms with Crippen molar-refractivity contribution in [2.75, 3.05) is 11.2 Å². The molecule has 1 fully saturated rings. The maximum Gasteiger partial charge on any atom is 0.243 e. The van der Waals surface area contributed by atoms with Crippen molar-refractivity contribution >= 4 is 17.5 Å². The highest BCUT2D eigenvalue weighted by atomic mass is 35.5. The number of nitrogens with one attached hydrogen (secondary N) is 1. The maximum absolute atomic E-state index is 5.84. The average Bonchev–Trinajstić information content (AvgIpc) is 2.93. The number of aryl methyl sites for hydroxylation is 2. The number of halogens is 1. The van der Waals surface area contributed by atoms with Crippen molar-refractivity contribution in [2.24, 2.45) is 0 Å². The molecule has 1 aliphatic rings. The summed E-state index contributed by atoms with van der Waals surface area (Å²) in [7, 11) is 0. The van der Waals surface area contributed by atoms with Crippen molar-refractivity contribution in [3.63, 3.8) is 0 Å². The minimum absolute atomic E-state index is 0.0327. The second kappa shape index (κ2) is 3.35. The van der Waals surface area contributed by atoms with Crippen molar-refractivity contribution in [3.8, 4) is 0 Å². The molecule has 1 N–H and O–H groups in total. The molecule has 2 rings (SSSR count). The Hall–Kier alpha value is -0.900. The normalized spacial score (nSPS) is 17.9. The topological polar surface area (TPSA) is 50.7 Å². The van der Waals surface area contributed by atoms with E-state index in [0.29, 0.717) is 11.8 Å². The quantitative estimate of drug-likeness (QED) is 0.775. The molecule has 76 valence electrons. The van der Waals surface area contributed by atoms with Crippen LogP contribution in [-0.2, 0) is 0 Å². The molecule has 1 saturated carbocycles. The fourth-order valence-corrected chi connectivity index (χ4v) is 1.52. The van der Waals surface area contributed by atoms with Gasteiger partial charge < -0.3 is 5.32 Å². The lowest BCUT2D eigenvalue weighted by Gasteiger charge is -2.13. The van der Waals surface area contributed by atoms with E-state index in [2.05, 4.69) is 20.5 Å². The van der Waals surface area contributed by atoms with Crippen LogP contribution in [-0.4, -0.2) is 26.6 Å². The Morgan fingerprint density at radius 3 is 2.50 bits per heavy atom. The lowest BCUT2D eigenvalue weighted by atomic mass is 10.3.